The fraction of sp³-hybridized carbons (Fsp3) is 0.286. The van der Waals surface area contributed by atoms with Gasteiger partial charge in [-0.15, -0.1) is 0 Å². The van der Waals surface area contributed by atoms with Crippen molar-refractivity contribution in [3.05, 3.63) is 80.8 Å². The molecule has 0 aliphatic heterocycles. The van der Waals surface area contributed by atoms with Gasteiger partial charge >= 0.3 is 0 Å². The van der Waals surface area contributed by atoms with Crippen LogP contribution in [0.4, 0.5) is 0 Å². The molecular weight excluding hydrogens is 370 g/mol. The lowest BCUT2D eigenvalue weighted by atomic mass is 10.1. The maximum Gasteiger partial charge on any atom is 0.267 e. The highest BCUT2D eigenvalue weighted by molar-refractivity contribution is 5.75. The predicted molar refractivity (Wildman–Crippen MR) is 107 cm³/mol. The summed E-state index contributed by atoms with van der Waals surface area (Å²) in [6.07, 6.45) is 4.18. The van der Waals surface area contributed by atoms with E-state index in [9.17, 15) is 14.4 Å². The van der Waals surface area contributed by atoms with Gasteiger partial charge in [0.2, 0.25) is 5.91 Å². The largest absolute Gasteiger partial charge is 0.353 e. The topological polar surface area (TPSA) is 98.9 Å². The van der Waals surface area contributed by atoms with Crippen molar-refractivity contribution < 1.29 is 4.79 Å². The Morgan fingerprint density at radius 2 is 1.90 bits per heavy atom. The van der Waals surface area contributed by atoms with Crippen LogP contribution in [-0.4, -0.2) is 31.8 Å². The highest BCUT2D eigenvalue weighted by atomic mass is 16.2. The molecule has 0 atom stereocenters. The molecule has 0 radical (unpaired) electrons. The number of rotatable bonds is 6. The van der Waals surface area contributed by atoms with Crippen molar-refractivity contribution in [2.24, 2.45) is 0 Å². The Bertz CT molecular complexity index is 1150. The van der Waals surface area contributed by atoms with Crippen molar-refractivity contribution in [2.75, 3.05) is 6.54 Å². The van der Waals surface area contributed by atoms with Crippen LogP contribution in [0, 0.1) is 0 Å². The molecule has 0 saturated heterocycles. The monoisotopic (exact) mass is 391 g/mol. The first-order valence-corrected chi connectivity index (χ1v) is 9.59. The van der Waals surface area contributed by atoms with E-state index in [1.807, 2.05) is 30.3 Å². The summed E-state index contributed by atoms with van der Waals surface area (Å²) in [4.78, 5) is 40.8. The van der Waals surface area contributed by atoms with E-state index in [0.717, 1.165) is 36.1 Å². The third-order valence-electron chi connectivity index (χ3n) is 4.93. The van der Waals surface area contributed by atoms with Crippen LogP contribution in [-0.2, 0) is 30.7 Å². The molecule has 148 valence electrons. The van der Waals surface area contributed by atoms with Gasteiger partial charge in [0.25, 0.3) is 11.1 Å². The first-order valence-electron chi connectivity index (χ1n) is 9.59. The number of fused-ring (bicyclic) bond motifs is 1. The highest BCUT2D eigenvalue weighted by Gasteiger charge is 2.14. The Morgan fingerprint density at radius 3 is 2.69 bits per heavy atom. The molecular formula is C21H21N5O3. The van der Waals surface area contributed by atoms with E-state index in [0.29, 0.717) is 5.69 Å². The maximum atomic E-state index is 12.3. The van der Waals surface area contributed by atoms with Crippen molar-refractivity contribution in [1.82, 2.24) is 24.6 Å². The summed E-state index contributed by atoms with van der Waals surface area (Å²) < 4.78 is 2.63. The van der Waals surface area contributed by atoms with Crippen molar-refractivity contribution in [2.45, 2.75) is 32.4 Å². The van der Waals surface area contributed by atoms with E-state index >= 15 is 0 Å². The smallest absolute Gasteiger partial charge is 0.267 e. The van der Waals surface area contributed by atoms with Crippen LogP contribution in [0.5, 0.6) is 0 Å². The molecule has 29 heavy (non-hydrogen) atoms. The van der Waals surface area contributed by atoms with Gasteiger partial charge in [-0.05, 0) is 24.8 Å². The van der Waals surface area contributed by atoms with Crippen molar-refractivity contribution >= 4 is 5.91 Å². The minimum atomic E-state index is -0.324. The van der Waals surface area contributed by atoms with Gasteiger partial charge in [0.05, 0.1) is 24.3 Å². The standard InChI is InChI=1S/C21H21N5O3/c27-19(22-9-10-26-21(29)11-16-7-4-8-17(16)24-26)13-25-14-23-18(12-20(25)28)15-5-2-1-3-6-15/h1-3,5-6,11-12,14H,4,7-10,13H2,(H,22,27). The van der Waals surface area contributed by atoms with E-state index < -0.39 is 0 Å². The Morgan fingerprint density at radius 1 is 1.07 bits per heavy atom. The van der Waals surface area contributed by atoms with Crippen molar-refractivity contribution in [3.8, 4) is 11.3 Å². The zero-order valence-corrected chi connectivity index (χ0v) is 15.9. The Kier molecular flexibility index (Phi) is 5.33. The van der Waals surface area contributed by atoms with Crippen LogP contribution in [0.25, 0.3) is 11.3 Å². The Balaban J connectivity index is 1.34. The summed E-state index contributed by atoms with van der Waals surface area (Å²) >= 11 is 0. The van der Waals surface area contributed by atoms with Gasteiger partial charge in [0, 0.05) is 24.2 Å². The van der Waals surface area contributed by atoms with E-state index in [1.165, 1.54) is 21.6 Å². The molecule has 1 aromatic carbocycles. The second-order valence-electron chi connectivity index (χ2n) is 6.99. The molecule has 0 saturated carbocycles. The molecule has 3 aromatic rings. The summed E-state index contributed by atoms with van der Waals surface area (Å²) in [5.74, 6) is -0.324. The molecule has 1 N–H and O–H groups in total. The normalized spacial score (nSPS) is 12.6. The minimum absolute atomic E-state index is 0.132. The number of hydrogen-bond donors (Lipinski definition) is 1. The zero-order chi connectivity index (χ0) is 20.2. The first kappa shape index (κ1) is 18.8. The molecule has 1 aliphatic carbocycles. The average Bonchev–Trinajstić information content (AvgIpc) is 3.17. The number of nitrogens with one attached hydrogen (secondary N) is 1. The lowest BCUT2D eigenvalue weighted by Gasteiger charge is -2.09. The van der Waals surface area contributed by atoms with E-state index in [-0.39, 0.29) is 36.7 Å². The number of nitrogens with zero attached hydrogens (tertiary/aromatic N) is 4. The molecule has 1 aliphatic rings. The molecule has 8 nitrogen and oxygen atoms in total. The summed E-state index contributed by atoms with van der Waals surface area (Å²) in [5.41, 5.74) is 2.94. The van der Waals surface area contributed by atoms with Gasteiger partial charge in [-0.2, -0.15) is 5.10 Å². The lowest BCUT2D eigenvalue weighted by molar-refractivity contribution is -0.121. The molecule has 2 aromatic heterocycles. The van der Waals surface area contributed by atoms with Crippen LogP contribution in [0.2, 0.25) is 0 Å². The number of aryl methyl sites for hydroxylation is 2. The molecule has 0 unspecified atom stereocenters. The number of amides is 1. The van der Waals surface area contributed by atoms with Crippen LogP contribution in [0.1, 0.15) is 17.7 Å². The SMILES string of the molecule is O=C(Cn1cnc(-c2ccccc2)cc1=O)NCCn1nc2c(cc1=O)CCC2. The van der Waals surface area contributed by atoms with Gasteiger partial charge in [0.1, 0.15) is 6.54 Å². The zero-order valence-electron chi connectivity index (χ0n) is 15.9. The predicted octanol–water partition coefficient (Wildman–Crippen LogP) is 0.772. The number of hydrogen-bond acceptors (Lipinski definition) is 5. The number of benzene rings is 1. The summed E-state index contributed by atoms with van der Waals surface area (Å²) in [6.45, 7) is 0.417. The summed E-state index contributed by atoms with van der Waals surface area (Å²) in [6, 6.07) is 12.4. The molecule has 1 amide bonds. The third kappa shape index (κ3) is 4.31. The van der Waals surface area contributed by atoms with Crippen LogP contribution in [0.15, 0.2) is 58.4 Å². The molecule has 0 spiro atoms. The van der Waals surface area contributed by atoms with Crippen LogP contribution >= 0.6 is 0 Å². The van der Waals surface area contributed by atoms with Gasteiger partial charge in [-0.1, -0.05) is 30.3 Å². The minimum Gasteiger partial charge on any atom is -0.353 e. The second-order valence-corrected chi connectivity index (χ2v) is 6.99. The van der Waals surface area contributed by atoms with Crippen LogP contribution in [0.3, 0.4) is 0 Å². The summed E-state index contributed by atoms with van der Waals surface area (Å²) in [7, 11) is 0. The van der Waals surface area contributed by atoms with Crippen LogP contribution < -0.4 is 16.4 Å². The van der Waals surface area contributed by atoms with Gasteiger partial charge < -0.3 is 5.32 Å². The van der Waals surface area contributed by atoms with Gasteiger partial charge in [0.15, 0.2) is 0 Å². The molecule has 4 rings (SSSR count). The fourth-order valence-electron chi connectivity index (χ4n) is 3.42. The van der Waals surface area contributed by atoms with E-state index in [4.69, 9.17) is 0 Å². The number of carbonyl (C=O) groups is 1. The third-order valence-corrected chi connectivity index (χ3v) is 4.93. The molecule has 0 bridgehead atoms. The quantitative estimate of drug-likeness (QED) is 0.669. The Hall–Kier alpha value is -3.55. The maximum absolute atomic E-state index is 12.3. The van der Waals surface area contributed by atoms with Gasteiger partial charge in [-0.25, -0.2) is 9.67 Å². The molecule has 8 heteroatoms. The van der Waals surface area contributed by atoms with Gasteiger partial charge in [-0.3, -0.25) is 19.0 Å². The lowest BCUT2D eigenvalue weighted by Crippen LogP contribution is -2.36. The average molecular weight is 391 g/mol. The summed E-state index contributed by atoms with van der Waals surface area (Å²) in [5, 5.41) is 7.10. The Labute approximate surface area is 166 Å². The molecule has 2 heterocycles. The van der Waals surface area contributed by atoms with Crippen molar-refractivity contribution in [3.63, 3.8) is 0 Å². The van der Waals surface area contributed by atoms with E-state index in [2.05, 4.69) is 15.4 Å². The second kappa shape index (κ2) is 8.22. The fourth-order valence-corrected chi connectivity index (χ4v) is 3.42. The van der Waals surface area contributed by atoms with E-state index in [1.54, 1.807) is 6.07 Å². The highest BCUT2D eigenvalue weighted by Crippen LogP contribution is 2.16. The number of carbonyl (C=O) groups excluding carboxylic acids is 1. The molecule has 0 fully saturated rings. The first-order chi connectivity index (χ1) is 14.1. The number of aromatic nitrogens is 4. The van der Waals surface area contributed by atoms with Crippen molar-refractivity contribution in [1.29, 1.82) is 0 Å².